The molecule has 0 fully saturated rings. The van der Waals surface area contributed by atoms with Gasteiger partial charge in [-0.15, -0.1) is 0 Å². The largest absolute Gasteiger partial charge is 0.308 e. The van der Waals surface area contributed by atoms with Gasteiger partial charge in [0.15, 0.2) is 5.16 Å². The SMILES string of the molecule is CC(C)n1c(S[C@H](C)C(=O)N2c3ccccc3C[C@H]2C)nc2ccccc2c1=O. The summed E-state index contributed by atoms with van der Waals surface area (Å²) in [7, 11) is 0. The van der Waals surface area contributed by atoms with Crippen LogP contribution in [0.2, 0.25) is 0 Å². The van der Waals surface area contributed by atoms with Gasteiger partial charge in [0.05, 0.1) is 16.2 Å². The zero-order valence-electron chi connectivity index (χ0n) is 17.1. The van der Waals surface area contributed by atoms with Crippen molar-refractivity contribution in [2.45, 2.75) is 56.6 Å². The van der Waals surface area contributed by atoms with Gasteiger partial charge in [0.25, 0.3) is 5.56 Å². The molecule has 150 valence electrons. The molecule has 0 saturated carbocycles. The van der Waals surface area contributed by atoms with Crippen LogP contribution in [0.5, 0.6) is 0 Å². The number of fused-ring (bicyclic) bond motifs is 2. The number of carbonyl (C=O) groups excluding carboxylic acids is 1. The number of rotatable bonds is 4. The molecule has 4 rings (SSSR count). The Balaban J connectivity index is 1.69. The first-order chi connectivity index (χ1) is 13.9. The van der Waals surface area contributed by atoms with Gasteiger partial charge in [-0.05, 0) is 57.9 Å². The summed E-state index contributed by atoms with van der Waals surface area (Å²) in [6, 6.07) is 15.5. The van der Waals surface area contributed by atoms with Crippen LogP contribution in [0.1, 0.15) is 39.3 Å². The van der Waals surface area contributed by atoms with Crippen molar-refractivity contribution in [3.05, 3.63) is 64.4 Å². The topological polar surface area (TPSA) is 55.2 Å². The first-order valence-corrected chi connectivity index (χ1v) is 10.9. The van der Waals surface area contributed by atoms with Crippen LogP contribution in [0.15, 0.2) is 58.5 Å². The number of amides is 1. The number of thioether (sulfide) groups is 1. The van der Waals surface area contributed by atoms with E-state index >= 15 is 0 Å². The summed E-state index contributed by atoms with van der Waals surface area (Å²) in [6.07, 6.45) is 0.865. The predicted octanol–water partition coefficient (Wildman–Crippen LogP) is 4.44. The van der Waals surface area contributed by atoms with E-state index in [1.165, 1.54) is 17.3 Å². The highest BCUT2D eigenvalue weighted by molar-refractivity contribution is 8.00. The highest BCUT2D eigenvalue weighted by Crippen LogP contribution is 2.35. The van der Waals surface area contributed by atoms with E-state index in [1.807, 2.05) is 62.1 Å². The van der Waals surface area contributed by atoms with E-state index in [0.717, 1.165) is 12.1 Å². The van der Waals surface area contributed by atoms with Crippen molar-refractivity contribution in [3.8, 4) is 0 Å². The maximum atomic E-state index is 13.3. The number of hydrogen-bond donors (Lipinski definition) is 0. The van der Waals surface area contributed by atoms with Gasteiger partial charge in [-0.1, -0.05) is 42.1 Å². The minimum Gasteiger partial charge on any atom is -0.308 e. The third-order valence-electron chi connectivity index (χ3n) is 5.37. The minimum atomic E-state index is -0.360. The molecule has 2 atom stereocenters. The van der Waals surface area contributed by atoms with Crippen molar-refractivity contribution in [1.29, 1.82) is 0 Å². The smallest absolute Gasteiger partial charge is 0.262 e. The third kappa shape index (κ3) is 3.46. The molecule has 0 bridgehead atoms. The van der Waals surface area contributed by atoms with Gasteiger partial charge >= 0.3 is 0 Å². The standard InChI is InChI=1S/C23H25N3O2S/c1-14(2)25-22(28)18-10-6-7-11-19(18)24-23(25)29-16(4)21(27)26-15(3)13-17-9-5-8-12-20(17)26/h5-12,14-16H,13H2,1-4H3/t15-,16-/m1/s1. The number of hydrogen-bond acceptors (Lipinski definition) is 4. The number of benzene rings is 2. The lowest BCUT2D eigenvalue weighted by Crippen LogP contribution is -2.40. The maximum Gasteiger partial charge on any atom is 0.262 e. The Labute approximate surface area is 174 Å². The van der Waals surface area contributed by atoms with Crippen LogP contribution in [0.3, 0.4) is 0 Å². The molecule has 2 heterocycles. The van der Waals surface area contributed by atoms with Crippen LogP contribution >= 0.6 is 11.8 Å². The number of para-hydroxylation sites is 2. The molecule has 5 nitrogen and oxygen atoms in total. The highest BCUT2D eigenvalue weighted by atomic mass is 32.2. The van der Waals surface area contributed by atoms with E-state index < -0.39 is 0 Å². The normalized spacial score (nSPS) is 17.0. The van der Waals surface area contributed by atoms with Crippen molar-refractivity contribution >= 4 is 34.3 Å². The summed E-state index contributed by atoms with van der Waals surface area (Å²) in [5.74, 6) is 0.0464. The van der Waals surface area contributed by atoms with Crippen molar-refractivity contribution in [2.75, 3.05) is 4.90 Å². The van der Waals surface area contributed by atoms with E-state index in [0.29, 0.717) is 16.1 Å². The van der Waals surface area contributed by atoms with E-state index in [2.05, 4.69) is 13.0 Å². The van der Waals surface area contributed by atoms with Crippen LogP contribution < -0.4 is 10.5 Å². The second-order valence-corrected chi connectivity index (χ2v) is 9.14. The fraction of sp³-hybridized carbons (Fsp3) is 0.348. The number of anilines is 1. The fourth-order valence-corrected chi connectivity index (χ4v) is 5.06. The predicted molar refractivity (Wildman–Crippen MR) is 119 cm³/mol. The Hall–Kier alpha value is -2.60. The summed E-state index contributed by atoms with van der Waals surface area (Å²) < 4.78 is 1.69. The first kappa shape index (κ1) is 19.7. The molecule has 29 heavy (non-hydrogen) atoms. The Morgan fingerprint density at radius 2 is 1.79 bits per heavy atom. The molecule has 1 aliphatic heterocycles. The molecule has 0 saturated heterocycles. The van der Waals surface area contributed by atoms with Crippen molar-refractivity contribution in [1.82, 2.24) is 9.55 Å². The highest BCUT2D eigenvalue weighted by Gasteiger charge is 2.34. The van der Waals surface area contributed by atoms with Crippen LogP contribution in [-0.4, -0.2) is 26.8 Å². The Kier molecular flexibility index (Phi) is 5.21. The number of nitrogens with zero attached hydrogens (tertiary/aromatic N) is 3. The van der Waals surface area contributed by atoms with Crippen molar-refractivity contribution in [2.24, 2.45) is 0 Å². The molecule has 6 heteroatoms. The quantitative estimate of drug-likeness (QED) is 0.474. The van der Waals surface area contributed by atoms with E-state index in [1.54, 1.807) is 10.6 Å². The molecule has 1 amide bonds. The summed E-state index contributed by atoms with van der Waals surface area (Å²) in [5, 5.41) is 0.831. The van der Waals surface area contributed by atoms with Gasteiger partial charge in [0.2, 0.25) is 5.91 Å². The Morgan fingerprint density at radius 1 is 1.10 bits per heavy atom. The van der Waals surface area contributed by atoms with Crippen molar-refractivity contribution in [3.63, 3.8) is 0 Å². The minimum absolute atomic E-state index is 0.0455. The van der Waals surface area contributed by atoms with Gasteiger partial charge < -0.3 is 4.90 Å². The van der Waals surface area contributed by atoms with Gasteiger partial charge in [-0.3, -0.25) is 14.2 Å². The third-order valence-corrected chi connectivity index (χ3v) is 6.42. The van der Waals surface area contributed by atoms with Gasteiger partial charge in [0.1, 0.15) is 0 Å². The molecule has 0 radical (unpaired) electrons. The van der Waals surface area contributed by atoms with Gasteiger partial charge in [-0.25, -0.2) is 4.98 Å². The zero-order valence-corrected chi connectivity index (χ0v) is 17.9. The molecule has 0 unspecified atom stereocenters. The number of aromatic nitrogens is 2. The molecule has 0 spiro atoms. The van der Waals surface area contributed by atoms with Crippen LogP contribution in [0, 0.1) is 0 Å². The van der Waals surface area contributed by atoms with Crippen molar-refractivity contribution < 1.29 is 4.79 Å². The molecule has 1 aliphatic rings. The molecule has 0 N–H and O–H groups in total. The lowest BCUT2D eigenvalue weighted by atomic mass is 10.1. The summed E-state index contributed by atoms with van der Waals surface area (Å²) in [4.78, 5) is 33.0. The average molecular weight is 408 g/mol. The van der Waals surface area contributed by atoms with Gasteiger partial charge in [0, 0.05) is 17.8 Å². The Morgan fingerprint density at radius 3 is 2.55 bits per heavy atom. The number of carbonyl (C=O) groups is 1. The fourth-order valence-electron chi connectivity index (χ4n) is 3.97. The van der Waals surface area contributed by atoms with Gasteiger partial charge in [-0.2, -0.15) is 0 Å². The monoisotopic (exact) mass is 407 g/mol. The second-order valence-electron chi connectivity index (χ2n) is 7.83. The van der Waals surface area contributed by atoms with Crippen LogP contribution in [0.25, 0.3) is 10.9 Å². The second kappa shape index (κ2) is 7.67. The summed E-state index contributed by atoms with van der Waals surface area (Å²) in [6.45, 7) is 7.90. The van der Waals surface area contributed by atoms with E-state index in [9.17, 15) is 9.59 Å². The summed E-state index contributed by atoms with van der Waals surface area (Å²) in [5.41, 5.74) is 2.79. The average Bonchev–Trinajstić information content (AvgIpc) is 3.02. The molecular formula is C23H25N3O2S. The first-order valence-electron chi connectivity index (χ1n) is 9.97. The lowest BCUT2D eigenvalue weighted by molar-refractivity contribution is -0.118. The molecular weight excluding hydrogens is 382 g/mol. The van der Waals surface area contributed by atoms with E-state index in [4.69, 9.17) is 4.98 Å². The Bertz CT molecular complexity index is 1140. The zero-order chi connectivity index (χ0) is 20.7. The molecule has 1 aromatic heterocycles. The maximum absolute atomic E-state index is 13.3. The van der Waals surface area contributed by atoms with Crippen LogP contribution in [0.4, 0.5) is 5.69 Å². The molecule has 2 aromatic carbocycles. The van der Waals surface area contributed by atoms with E-state index in [-0.39, 0.29) is 28.8 Å². The molecule has 0 aliphatic carbocycles. The summed E-state index contributed by atoms with van der Waals surface area (Å²) >= 11 is 1.36. The lowest BCUT2D eigenvalue weighted by Gasteiger charge is -2.26. The molecule has 3 aromatic rings. The van der Waals surface area contributed by atoms with Crippen LogP contribution in [-0.2, 0) is 11.2 Å².